The van der Waals surface area contributed by atoms with Gasteiger partial charge in [-0.2, -0.15) is 0 Å². The molecule has 7 heavy (non-hydrogen) atoms. The Balaban J connectivity index is 3.13. The maximum atomic E-state index is 9.71. The molecule has 0 bridgehead atoms. The highest BCUT2D eigenvalue weighted by Crippen LogP contribution is 2.08. The molecule has 0 N–H and O–H groups in total. The van der Waals surface area contributed by atoms with Gasteiger partial charge in [0.1, 0.15) is 0 Å². The Kier molecular flexibility index (Phi) is 4.16. The SMILES string of the molecule is O=C(Cl)OC(Cl)I. The Bertz CT molecular complexity index is 74.1. The molecular formula is C2HCl2IO2. The summed E-state index contributed by atoms with van der Waals surface area (Å²) in [6.45, 7) is 0. The second kappa shape index (κ2) is 3.74. The number of hydrogen-bond acceptors (Lipinski definition) is 2. The lowest BCUT2D eigenvalue weighted by Crippen LogP contribution is -1.96. The zero-order valence-corrected chi connectivity index (χ0v) is 6.70. The van der Waals surface area contributed by atoms with Crippen LogP contribution in [0.15, 0.2) is 0 Å². The normalized spacial score (nSPS) is 13.0. The van der Waals surface area contributed by atoms with Gasteiger partial charge in [-0.3, -0.25) is 0 Å². The fraction of sp³-hybridized carbons (Fsp3) is 0.500. The highest BCUT2D eigenvalue weighted by Gasteiger charge is 2.00. The smallest absolute Gasteiger partial charge is 0.405 e. The maximum absolute atomic E-state index is 9.71. The van der Waals surface area contributed by atoms with Gasteiger partial charge in [0.15, 0.2) is 0 Å². The van der Waals surface area contributed by atoms with Gasteiger partial charge in [0, 0.05) is 11.6 Å². The zero-order chi connectivity index (χ0) is 5.86. The lowest BCUT2D eigenvalue weighted by molar-refractivity contribution is 0.188. The summed E-state index contributed by atoms with van der Waals surface area (Å²) in [6, 6.07) is 0. The predicted octanol–water partition coefficient (Wildman–Crippen LogP) is 2.32. The van der Waals surface area contributed by atoms with Crippen LogP contribution in [0.3, 0.4) is 0 Å². The van der Waals surface area contributed by atoms with Crippen LogP contribution in [0.25, 0.3) is 0 Å². The first-order valence-electron chi connectivity index (χ1n) is 1.27. The monoisotopic (exact) mass is 254 g/mol. The third kappa shape index (κ3) is 6.78. The van der Waals surface area contributed by atoms with Crippen LogP contribution in [0.1, 0.15) is 0 Å². The minimum atomic E-state index is -0.880. The molecule has 2 nitrogen and oxygen atoms in total. The van der Waals surface area contributed by atoms with E-state index >= 15 is 0 Å². The van der Waals surface area contributed by atoms with E-state index in [0.29, 0.717) is 0 Å². The molecule has 0 aliphatic carbocycles. The third-order valence-electron chi connectivity index (χ3n) is 0.182. The molecule has 1 atom stereocenters. The maximum Gasteiger partial charge on any atom is 0.405 e. The van der Waals surface area contributed by atoms with Crippen molar-refractivity contribution in [3.8, 4) is 0 Å². The Morgan fingerprint density at radius 1 is 1.86 bits per heavy atom. The Morgan fingerprint density at radius 2 is 2.29 bits per heavy atom. The summed E-state index contributed by atoms with van der Waals surface area (Å²) in [5, 5.41) is 0. The van der Waals surface area contributed by atoms with Gasteiger partial charge >= 0.3 is 5.43 Å². The molecule has 0 saturated carbocycles. The van der Waals surface area contributed by atoms with Crippen LogP contribution in [0.4, 0.5) is 4.79 Å². The van der Waals surface area contributed by atoms with E-state index in [1.165, 1.54) is 0 Å². The quantitative estimate of drug-likeness (QED) is 0.408. The molecule has 5 heteroatoms. The number of halogens is 3. The molecule has 1 unspecified atom stereocenters. The van der Waals surface area contributed by atoms with E-state index in [1.807, 2.05) is 0 Å². The number of carbonyl (C=O) groups is 1. The van der Waals surface area contributed by atoms with Crippen molar-refractivity contribution in [2.24, 2.45) is 0 Å². The van der Waals surface area contributed by atoms with Crippen molar-refractivity contribution in [1.29, 1.82) is 0 Å². The van der Waals surface area contributed by atoms with E-state index in [0.717, 1.165) is 0 Å². The largest absolute Gasteiger partial charge is 0.424 e. The van der Waals surface area contributed by atoms with Crippen LogP contribution >= 0.6 is 45.8 Å². The van der Waals surface area contributed by atoms with Crippen LogP contribution < -0.4 is 0 Å². The number of alkyl halides is 2. The minimum absolute atomic E-state index is 0.664. The summed E-state index contributed by atoms with van der Waals surface area (Å²) in [5.74, 6) is 0. The van der Waals surface area contributed by atoms with Gasteiger partial charge in [-0.1, -0.05) is 11.6 Å². The predicted molar refractivity (Wildman–Crippen MR) is 36.0 cm³/mol. The lowest BCUT2D eigenvalue weighted by atomic mass is 11.5. The van der Waals surface area contributed by atoms with E-state index in [2.05, 4.69) is 4.74 Å². The minimum Gasteiger partial charge on any atom is -0.424 e. The second-order valence-corrected chi connectivity index (χ2v) is 3.19. The summed E-state index contributed by atoms with van der Waals surface area (Å²) in [4.78, 5) is 9.71. The van der Waals surface area contributed by atoms with Crippen LogP contribution in [0.2, 0.25) is 0 Å². The van der Waals surface area contributed by atoms with Crippen molar-refractivity contribution in [2.45, 2.75) is 3.57 Å². The first kappa shape index (κ1) is 7.78. The molecule has 0 aromatic rings. The molecule has 0 amide bonds. The van der Waals surface area contributed by atoms with Crippen LogP contribution in [0, 0.1) is 0 Å². The van der Waals surface area contributed by atoms with E-state index in [-0.39, 0.29) is 0 Å². The molecule has 42 valence electrons. The average Bonchev–Trinajstić information content (AvgIpc) is 1.27. The van der Waals surface area contributed by atoms with Gasteiger partial charge in [0.05, 0.1) is 0 Å². The Hall–Kier alpha value is 0.780. The first-order chi connectivity index (χ1) is 3.13. The van der Waals surface area contributed by atoms with Crippen molar-refractivity contribution in [1.82, 2.24) is 0 Å². The van der Waals surface area contributed by atoms with Gasteiger partial charge in [-0.25, -0.2) is 4.79 Å². The molecule has 0 heterocycles. The summed E-state index contributed by atoms with van der Waals surface area (Å²) in [7, 11) is 0. The summed E-state index contributed by atoms with van der Waals surface area (Å²) < 4.78 is 3.46. The molecular weight excluding hydrogens is 254 g/mol. The van der Waals surface area contributed by atoms with Crippen molar-refractivity contribution >= 4 is 51.2 Å². The van der Waals surface area contributed by atoms with Gasteiger partial charge in [-0.15, -0.1) is 0 Å². The molecule has 0 saturated heterocycles. The van der Waals surface area contributed by atoms with Gasteiger partial charge in [0.2, 0.25) is 3.57 Å². The van der Waals surface area contributed by atoms with Crippen LogP contribution in [-0.2, 0) is 4.74 Å². The number of rotatable bonds is 1. The Labute approximate surface area is 64.2 Å². The zero-order valence-electron chi connectivity index (χ0n) is 3.03. The van der Waals surface area contributed by atoms with E-state index in [1.54, 1.807) is 22.6 Å². The van der Waals surface area contributed by atoms with Gasteiger partial charge in [0.25, 0.3) is 0 Å². The fourth-order valence-corrected chi connectivity index (χ4v) is 0.667. The summed E-state index contributed by atoms with van der Waals surface area (Å²) in [6.07, 6.45) is 0. The van der Waals surface area contributed by atoms with Crippen molar-refractivity contribution < 1.29 is 9.53 Å². The summed E-state index contributed by atoms with van der Waals surface area (Å²) in [5.41, 5.74) is -0.880. The number of carbonyl (C=O) groups excluding carboxylic acids is 1. The van der Waals surface area contributed by atoms with E-state index < -0.39 is 9.00 Å². The molecule has 0 aliphatic heterocycles. The Morgan fingerprint density at radius 3 is 2.29 bits per heavy atom. The van der Waals surface area contributed by atoms with Crippen LogP contribution in [-0.4, -0.2) is 9.00 Å². The standard InChI is InChI=1S/C2HCl2IO2/c3-1(5)7-2(4)6/h1H. The molecule has 0 spiro atoms. The van der Waals surface area contributed by atoms with Crippen LogP contribution in [0.5, 0.6) is 0 Å². The number of hydrogen-bond donors (Lipinski definition) is 0. The summed E-state index contributed by atoms with van der Waals surface area (Å²) >= 11 is 11.5. The molecule has 0 aromatic heterocycles. The number of ether oxygens (including phenoxy) is 1. The fourth-order valence-electron chi connectivity index (χ4n) is 0.0700. The second-order valence-electron chi connectivity index (χ2n) is 0.616. The van der Waals surface area contributed by atoms with Gasteiger partial charge in [-0.05, 0) is 22.6 Å². The van der Waals surface area contributed by atoms with Crippen molar-refractivity contribution in [3.63, 3.8) is 0 Å². The lowest BCUT2D eigenvalue weighted by Gasteiger charge is -1.95. The highest BCUT2D eigenvalue weighted by molar-refractivity contribution is 14.1. The van der Waals surface area contributed by atoms with Crippen molar-refractivity contribution in [3.05, 3.63) is 0 Å². The molecule has 0 rings (SSSR count). The molecule has 0 radical (unpaired) electrons. The highest BCUT2D eigenvalue weighted by atomic mass is 127. The molecule has 0 fully saturated rings. The van der Waals surface area contributed by atoms with E-state index in [4.69, 9.17) is 23.2 Å². The molecule has 0 aromatic carbocycles. The van der Waals surface area contributed by atoms with Crippen molar-refractivity contribution in [2.75, 3.05) is 0 Å². The topological polar surface area (TPSA) is 26.3 Å². The van der Waals surface area contributed by atoms with Gasteiger partial charge < -0.3 is 4.74 Å². The average molecular weight is 255 g/mol. The molecule has 0 aliphatic rings. The first-order valence-corrected chi connectivity index (χ1v) is 3.33. The van der Waals surface area contributed by atoms with E-state index in [9.17, 15) is 4.79 Å². The third-order valence-corrected chi connectivity index (χ3v) is 0.614.